The van der Waals surface area contributed by atoms with Crippen molar-refractivity contribution in [3.63, 3.8) is 0 Å². The Balaban J connectivity index is 2.01. The Morgan fingerprint density at radius 2 is 1.88 bits per heavy atom. The summed E-state index contributed by atoms with van der Waals surface area (Å²) in [5.41, 5.74) is 2.01. The number of imidazole rings is 1. The first-order valence-electron chi connectivity index (χ1n) is 7.74. The molecule has 0 radical (unpaired) electrons. The highest BCUT2D eigenvalue weighted by molar-refractivity contribution is 5.87. The molecule has 2 unspecified atom stereocenters. The number of likely N-dealkylation sites (N-methyl/N-ethyl adjacent to an activating group) is 1. The number of ether oxygens (including phenoxy) is 1. The molecule has 122 valence electrons. The average molecular weight is 323 g/mol. The van der Waals surface area contributed by atoms with Gasteiger partial charge in [0, 0.05) is 14.1 Å². The molecular formula is C18H17N3O3. The maximum absolute atomic E-state index is 12.7. The standard InChI is InChI=1S/C18H17N3O3/c1-20(2)17(22)16-14(11-7-4-3-5-8-11)21-15-12(19-18(21)23)9-6-10-13(15)24-16/h3-10,14,16H,1-2H3,(H,19,23). The maximum Gasteiger partial charge on any atom is 0.327 e. The van der Waals surface area contributed by atoms with Crippen LogP contribution in [0.25, 0.3) is 11.0 Å². The maximum atomic E-state index is 12.7. The Morgan fingerprint density at radius 3 is 2.58 bits per heavy atom. The molecule has 0 aliphatic carbocycles. The van der Waals surface area contributed by atoms with Crippen molar-refractivity contribution in [2.75, 3.05) is 14.1 Å². The Hall–Kier alpha value is -3.02. The number of rotatable bonds is 2. The van der Waals surface area contributed by atoms with E-state index in [9.17, 15) is 9.59 Å². The van der Waals surface area contributed by atoms with E-state index >= 15 is 0 Å². The largest absolute Gasteiger partial charge is 0.476 e. The van der Waals surface area contributed by atoms with Crippen LogP contribution in [0.15, 0.2) is 53.3 Å². The van der Waals surface area contributed by atoms with E-state index in [1.807, 2.05) is 36.4 Å². The summed E-state index contributed by atoms with van der Waals surface area (Å²) in [4.78, 5) is 29.7. The van der Waals surface area contributed by atoms with Crippen LogP contribution in [0.1, 0.15) is 11.6 Å². The summed E-state index contributed by atoms with van der Waals surface area (Å²) < 4.78 is 7.67. The predicted molar refractivity (Wildman–Crippen MR) is 90.2 cm³/mol. The van der Waals surface area contributed by atoms with Gasteiger partial charge in [0.1, 0.15) is 17.3 Å². The molecule has 1 aliphatic heterocycles. The van der Waals surface area contributed by atoms with Crippen LogP contribution in [-0.2, 0) is 4.79 Å². The molecule has 24 heavy (non-hydrogen) atoms. The van der Waals surface area contributed by atoms with E-state index in [0.29, 0.717) is 16.8 Å². The number of hydrogen-bond acceptors (Lipinski definition) is 3. The summed E-state index contributed by atoms with van der Waals surface area (Å²) >= 11 is 0. The summed E-state index contributed by atoms with van der Waals surface area (Å²) in [6.07, 6.45) is -0.797. The van der Waals surface area contributed by atoms with Gasteiger partial charge in [-0.2, -0.15) is 0 Å². The third-order valence-corrected chi connectivity index (χ3v) is 4.34. The lowest BCUT2D eigenvalue weighted by atomic mass is 9.98. The van der Waals surface area contributed by atoms with Crippen LogP contribution in [0.2, 0.25) is 0 Å². The highest BCUT2D eigenvalue weighted by Gasteiger charge is 2.40. The van der Waals surface area contributed by atoms with Crippen molar-refractivity contribution >= 4 is 16.9 Å². The third-order valence-electron chi connectivity index (χ3n) is 4.34. The van der Waals surface area contributed by atoms with E-state index in [0.717, 1.165) is 5.56 Å². The van der Waals surface area contributed by atoms with Crippen molar-refractivity contribution in [2.45, 2.75) is 12.1 Å². The van der Waals surface area contributed by atoms with Crippen LogP contribution < -0.4 is 10.4 Å². The minimum atomic E-state index is -0.797. The highest BCUT2D eigenvalue weighted by atomic mass is 16.5. The SMILES string of the molecule is CN(C)C(=O)C1Oc2cccc3[nH]c(=O)n(c23)C1c1ccccc1. The summed E-state index contributed by atoms with van der Waals surface area (Å²) in [5.74, 6) is 0.359. The van der Waals surface area contributed by atoms with Gasteiger partial charge in [-0.15, -0.1) is 0 Å². The lowest BCUT2D eigenvalue weighted by Gasteiger charge is -2.34. The molecule has 0 saturated heterocycles. The number of carbonyl (C=O) groups is 1. The zero-order valence-electron chi connectivity index (χ0n) is 13.4. The molecule has 4 rings (SSSR count). The summed E-state index contributed by atoms with van der Waals surface area (Å²) in [5, 5.41) is 0. The number of benzene rings is 2. The molecule has 0 spiro atoms. The lowest BCUT2D eigenvalue weighted by Crippen LogP contribution is -2.47. The van der Waals surface area contributed by atoms with E-state index in [2.05, 4.69) is 4.98 Å². The molecular weight excluding hydrogens is 306 g/mol. The van der Waals surface area contributed by atoms with Crippen molar-refractivity contribution < 1.29 is 9.53 Å². The zero-order chi connectivity index (χ0) is 16.8. The average Bonchev–Trinajstić information content (AvgIpc) is 2.93. The van der Waals surface area contributed by atoms with Gasteiger partial charge >= 0.3 is 5.69 Å². The number of para-hydroxylation sites is 1. The number of carbonyl (C=O) groups excluding carboxylic acids is 1. The second-order valence-electron chi connectivity index (χ2n) is 6.08. The monoisotopic (exact) mass is 323 g/mol. The quantitative estimate of drug-likeness (QED) is 0.781. The first-order chi connectivity index (χ1) is 11.6. The number of nitrogens with one attached hydrogen (secondary N) is 1. The Bertz CT molecular complexity index is 972. The van der Waals surface area contributed by atoms with E-state index in [4.69, 9.17) is 4.74 Å². The second-order valence-corrected chi connectivity index (χ2v) is 6.08. The summed E-state index contributed by atoms with van der Waals surface area (Å²) in [7, 11) is 3.37. The lowest BCUT2D eigenvalue weighted by molar-refractivity contribution is -0.137. The van der Waals surface area contributed by atoms with Gasteiger partial charge in [0.2, 0.25) is 6.10 Å². The Morgan fingerprint density at radius 1 is 1.12 bits per heavy atom. The van der Waals surface area contributed by atoms with Crippen LogP contribution >= 0.6 is 0 Å². The number of nitrogens with zero attached hydrogens (tertiary/aromatic N) is 2. The van der Waals surface area contributed by atoms with Gasteiger partial charge in [0.05, 0.1) is 5.52 Å². The van der Waals surface area contributed by atoms with E-state index in [1.165, 1.54) is 4.90 Å². The van der Waals surface area contributed by atoms with Crippen LogP contribution in [0, 0.1) is 0 Å². The Labute approximate surface area is 138 Å². The number of hydrogen-bond donors (Lipinski definition) is 1. The van der Waals surface area contributed by atoms with Crippen LogP contribution in [0.4, 0.5) is 0 Å². The third kappa shape index (κ3) is 2.03. The Kier molecular flexibility index (Phi) is 3.19. The molecule has 6 nitrogen and oxygen atoms in total. The molecule has 0 bridgehead atoms. The molecule has 6 heteroatoms. The van der Waals surface area contributed by atoms with Crippen molar-refractivity contribution in [3.05, 3.63) is 64.6 Å². The normalized spacial score (nSPS) is 19.1. The number of aromatic nitrogens is 2. The topological polar surface area (TPSA) is 67.3 Å². The van der Waals surface area contributed by atoms with Gasteiger partial charge in [-0.3, -0.25) is 9.36 Å². The van der Waals surface area contributed by atoms with Crippen LogP contribution in [0.3, 0.4) is 0 Å². The van der Waals surface area contributed by atoms with Crippen molar-refractivity contribution in [2.24, 2.45) is 0 Å². The molecule has 1 N–H and O–H groups in total. The van der Waals surface area contributed by atoms with Gasteiger partial charge in [-0.25, -0.2) is 4.79 Å². The molecule has 3 aromatic rings. The van der Waals surface area contributed by atoms with Gasteiger partial charge in [-0.1, -0.05) is 36.4 Å². The number of H-pyrrole nitrogens is 1. The molecule has 1 amide bonds. The predicted octanol–water partition coefficient (Wildman–Crippen LogP) is 1.77. The first-order valence-corrected chi connectivity index (χ1v) is 7.74. The fraction of sp³-hybridized carbons (Fsp3) is 0.222. The molecule has 1 aromatic heterocycles. The second kappa shape index (κ2) is 5.26. The van der Waals surface area contributed by atoms with Gasteiger partial charge in [0.15, 0.2) is 0 Å². The zero-order valence-corrected chi connectivity index (χ0v) is 13.4. The van der Waals surface area contributed by atoms with Gasteiger partial charge < -0.3 is 14.6 Å². The van der Waals surface area contributed by atoms with E-state index in [-0.39, 0.29) is 11.6 Å². The molecule has 0 fully saturated rings. The van der Waals surface area contributed by atoms with Crippen LogP contribution in [0.5, 0.6) is 5.75 Å². The minimum Gasteiger partial charge on any atom is -0.476 e. The molecule has 1 aliphatic rings. The van der Waals surface area contributed by atoms with Gasteiger partial charge in [-0.05, 0) is 17.7 Å². The fourth-order valence-electron chi connectivity index (χ4n) is 3.26. The minimum absolute atomic E-state index is 0.181. The summed E-state index contributed by atoms with van der Waals surface area (Å²) in [6.45, 7) is 0. The summed E-state index contributed by atoms with van der Waals surface area (Å²) in [6, 6.07) is 14.4. The molecule has 0 saturated carbocycles. The first kappa shape index (κ1) is 14.6. The van der Waals surface area contributed by atoms with E-state index in [1.54, 1.807) is 30.8 Å². The number of amides is 1. The van der Waals surface area contributed by atoms with E-state index < -0.39 is 12.1 Å². The molecule has 2 atom stereocenters. The van der Waals surface area contributed by atoms with Gasteiger partial charge in [0.25, 0.3) is 5.91 Å². The van der Waals surface area contributed by atoms with Crippen molar-refractivity contribution in [3.8, 4) is 5.75 Å². The van der Waals surface area contributed by atoms with Crippen molar-refractivity contribution in [1.82, 2.24) is 14.5 Å². The molecule has 2 heterocycles. The highest BCUT2D eigenvalue weighted by Crippen LogP contribution is 2.37. The van der Waals surface area contributed by atoms with Crippen LogP contribution in [-0.4, -0.2) is 40.6 Å². The number of aromatic amines is 1. The smallest absolute Gasteiger partial charge is 0.327 e. The van der Waals surface area contributed by atoms with Crippen molar-refractivity contribution in [1.29, 1.82) is 0 Å². The molecule has 2 aromatic carbocycles. The fourth-order valence-corrected chi connectivity index (χ4v) is 3.26.